The number of benzene rings is 1. The number of carbonyl (C=O) groups is 2. The molecule has 4 nitrogen and oxygen atoms in total. The minimum atomic E-state index is -1.62. The van der Waals surface area contributed by atoms with Crippen molar-refractivity contribution in [3.63, 3.8) is 0 Å². The van der Waals surface area contributed by atoms with Crippen LogP contribution in [0.5, 0.6) is 0 Å². The molecule has 0 heterocycles. The maximum absolute atomic E-state index is 12.0. The molecule has 2 rings (SSSR count). The van der Waals surface area contributed by atoms with Crippen LogP contribution < -0.4 is 0 Å². The fraction of sp³-hybridized carbons (Fsp3) is 0.167. The van der Waals surface area contributed by atoms with Crippen molar-refractivity contribution < 1.29 is 18.9 Å². The topological polar surface area (TPSA) is 71.4 Å². The highest BCUT2D eigenvalue weighted by atomic mass is 32.2. The lowest BCUT2D eigenvalue weighted by molar-refractivity contribution is 0.0990. The second-order valence-corrected chi connectivity index (χ2v) is 5.06. The largest absolute Gasteiger partial charge is 0.395 e. The van der Waals surface area contributed by atoms with Gasteiger partial charge in [0.05, 0.1) is 28.1 Å². The maximum atomic E-state index is 12.0. The Labute approximate surface area is 100 Å². The normalized spacial score (nSPS) is 16.4. The van der Waals surface area contributed by atoms with Crippen molar-refractivity contribution >= 4 is 22.4 Å². The van der Waals surface area contributed by atoms with Gasteiger partial charge in [0.2, 0.25) is 5.78 Å². The summed E-state index contributed by atoms with van der Waals surface area (Å²) >= 11 is 0. The highest BCUT2D eigenvalue weighted by molar-refractivity contribution is 7.90. The lowest BCUT2D eigenvalue weighted by Gasteiger charge is -2.13. The molecule has 88 valence electrons. The molecule has 0 bridgehead atoms. The van der Waals surface area contributed by atoms with Crippen LogP contribution in [-0.4, -0.2) is 33.2 Å². The Hall–Kier alpha value is -1.59. The molecular weight excluding hydrogens is 240 g/mol. The van der Waals surface area contributed by atoms with E-state index < -0.39 is 16.6 Å². The SMILES string of the molecule is O=C1C=C(S(=O)CCO)C(=O)c2ccccc21. The van der Waals surface area contributed by atoms with Crippen molar-refractivity contribution in [2.75, 3.05) is 12.4 Å². The molecule has 0 fully saturated rings. The van der Waals surface area contributed by atoms with E-state index >= 15 is 0 Å². The third kappa shape index (κ3) is 2.11. The lowest BCUT2D eigenvalue weighted by atomic mass is 9.95. The van der Waals surface area contributed by atoms with Gasteiger partial charge in [-0.15, -0.1) is 0 Å². The Morgan fingerprint density at radius 2 is 1.76 bits per heavy atom. The number of hydrogen-bond acceptors (Lipinski definition) is 4. The quantitative estimate of drug-likeness (QED) is 0.856. The molecule has 1 atom stereocenters. The Bertz CT molecular complexity index is 545. The molecule has 0 radical (unpaired) electrons. The van der Waals surface area contributed by atoms with Crippen molar-refractivity contribution in [2.45, 2.75) is 0 Å². The Morgan fingerprint density at radius 1 is 1.12 bits per heavy atom. The molecule has 1 aromatic rings. The van der Waals surface area contributed by atoms with Crippen molar-refractivity contribution in [1.29, 1.82) is 0 Å². The number of hydrogen-bond donors (Lipinski definition) is 1. The number of carbonyl (C=O) groups excluding carboxylic acids is 2. The molecule has 0 saturated heterocycles. The number of fused-ring (bicyclic) bond motifs is 1. The monoisotopic (exact) mass is 250 g/mol. The molecule has 0 spiro atoms. The van der Waals surface area contributed by atoms with Gasteiger partial charge in [-0.3, -0.25) is 13.8 Å². The molecule has 1 aromatic carbocycles. The van der Waals surface area contributed by atoms with E-state index in [1.807, 2.05) is 0 Å². The van der Waals surface area contributed by atoms with Gasteiger partial charge in [0.1, 0.15) is 0 Å². The van der Waals surface area contributed by atoms with Gasteiger partial charge in [-0.25, -0.2) is 0 Å². The summed E-state index contributed by atoms with van der Waals surface area (Å²) in [4.78, 5) is 23.7. The second kappa shape index (κ2) is 4.73. The molecule has 1 aliphatic rings. The fourth-order valence-electron chi connectivity index (χ4n) is 1.65. The molecule has 1 N–H and O–H groups in total. The zero-order valence-electron chi connectivity index (χ0n) is 8.88. The minimum Gasteiger partial charge on any atom is -0.395 e. The molecule has 17 heavy (non-hydrogen) atoms. The minimum absolute atomic E-state index is 0.0252. The highest BCUT2D eigenvalue weighted by Crippen LogP contribution is 2.22. The van der Waals surface area contributed by atoms with E-state index in [1.54, 1.807) is 24.3 Å². The average Bonchev–Trinajstić information content (AvgIpc) is 2.34. The van der Waals surface area contributed by atoms with Crippen LogP contribution in [0.4, 0.5) is 0 Å². The number of aliphatic hydroxyl groups excluding tert-OH is 1. The standard InChI is InChI=1S/C12H10O4S/c13-5-6-17(16)11-7-10(14)8-3-1-2-4-9(8)12(11)15/h1-4,7,13H,5-6H2. The molecule has 0 aromatic heterocycles. The van der Waals surface area contributed by atoms with Crippen LogP contribution in [0.15, 0.2) is 35.2 Å². The summed E-state index contributed by atoms with van der Waals surface area (Å²) in [5.74, 6) is -0.749. The summed E-state index contributed by atoms with van der Waals surface area (Å²) in [6.07, 6.45) is 1.11. The van der Waals surface area contributed by atoms with E-state index in [0.29, 0.717) is 5.56 Å². The summed E-state index contributed by atoms with van der Waals surface area (Å²) in [5, 5.41) is 8.70. The summed E-state index contributed by atoms with van der Waals surface area (Å²) in [7, 11) is -1.62. The average molecular weight is 250 g/mol. The van der Waals surface area contributed by atoms with Crippen LogP contribution in [0.2, 0.25) is 0 Å². The molecule has 0 amide bonds. The fourth-order valence-corrected chi connectivity index (χ4v) is 2.59. The number of allylic oxidation sites excluding steroid dienone is 2. The number of aliphatic hydroxyl groups is 1. The van der Waals surface area contributed by atoms with E-state index in [2.05, 4.69) is 0 Å². The molecule has 5 heteroatoms. The molecule has 0 aliphatic heterocycles. The predicted molar refractivity (Wildman–Crippen MR) is 63.3 cm³/mol. The van der Waals surface area contributed by atoms with Crippen LogP contribution in [-0.2, 0) is 10.8 Å². The smallest absolute Gasteiger partial charge is 0.202 e. The first kappa shape index (κ1) is 11.9. The predicted octanol–water partition coefficient (Wildman–Crippen LogP) is 0.690. The van der Waals surface area contributed by atoms with E-state index in [0.717, 1.165) is 6.08 Å². The van der Waals surface area contributed by atoms with Crippen LogP contribution in [0.1, 0.15) is 20.7 Å². The van der Waals surface area contributed by atoms with Gasteiger partial charge in [-0.2, -0.15) is 0 Å². The van der Waals surface area contributed by atoms with E-state index in [1.165, 1.54) is 0 Å². The van der Waals surface area contributed by atoms with Crippen molar-refractivity contribution in [1.82, 2.24) is 0 Å². The molecule has 1 aliphatic carbocycles. The van der Waals surface area contributed by atoms with Crippen molar-refractivity contribution in [2.24, 2.45) is 0 Å². The molecular formula is C12H10O4S. The number of rotatable bonds is 3. The van der Waals surface area contributed by atoms with Crippen LogP contribution >= 0.6 is 0 Å². The zero-order chi connectivity index (χ0) is 12.4. The molecule has 0 saturated carbocycles. The molecule has 1 unspecified atom stereocenters. The third-order valence-corrected chi connectivity index (χ3v) is 3.79. The Balaban J connectivity index is 2.45. The van der Waals surface area contributed by atoms with Gasteiger partial charge in [0.15, 0.2) is 5.78 Å². The van der Waals surface area contributed by atoms with Crippen LogP contribution in [0.3, 0.4) is 0 Å². The Kier molecular flexibility index (Phi) is 3.31. The summed E-state index contributed by atoms with van der Waals surface area (Å²) in [6.45, 7) is -0.285. The van der Waals surface area contributed by atoms with Crippen molar-refractivity contribution in [3.8, 4) is 0 Å². The number of ketones is 2. The van der Waals surface area contributed by atoms with Gasteiger partial charge in [-0.1, -0.05) is 24.3 Å². The van der Waals surface area contributed by atoms with E-state index in [-0.39, 0.29) is 28.6 Å². The lowest BCUT2D eigenvalue weighted by Crippen LogP contribution is -2.21. The second-order valence-electron chi connectivity index (χ2n) is 3.52. The van der Waals surface area contributed by atoms with Gasteiger partial charge < -0.3 is 5.11 Å². The van der Waals surface area contributed by atoms with Crippen LogP contribution in [0, 0.1) is 0 Å². The van der Waals surface area contributed by atoms with Crippen LogP contribution in [0.25, 0.3) is 0 Å². The maximum Gasteiger partial charge on any atom is 0.202 e. The number of Topliss-reactive ketones (excluding diaryl/α,β-unsaturated/α-hetero) is 1. The zero-order valence-corrected chi connectivity index (χ0v) is 9.70. The van der Waals surface area contributed by atoms with E-state index in [9.17, 15) is 13.8 Å². The van der Waals surface area contributed by atoms with Gasteiger partial charge in [0, 0.05) is 17.2 Å². The third-order valence-electron chi connectivity index (χ3n) is 2.45. The van der Waals surface area contributed by atoms with Crippen molar-refractivity contribution in [3.05, 3.63) is 46.4 Å². The van der Waals surface area contributed by atoms with E-state index in [4.69, 9.17) is 5.11 Å². The van der Waals surface area contributed by atoms with Gasteiger partial charge >= 0.3 is 0 Å². The summed E-state index contributed by atoms with van der Waals surface area (Å²) < 4.78 is 11.7. The van der Waals surface area contributed by atoms with Gasteiger partial charge in [-0.05, 0) is 0 Å². The highest BCUT2D eigenvalue weighted by Gasteiger charge is 2.28. The first-order chi connectivity index (χ1) is 8.15. The first-order valence-electron chi connectivity index (χ1n) is 5.04. The summed E-state index contributed by atoms with van der Waals surface area (Å²) in [5.41, 5.74) is 0.614. The summed E-state index contributed by atoms with van der Waals surface area (Å²) in [6, 6.07) is 6.44. The first-order valence-corrected chi connectivity index (χ1v) is 6.36. The van der Waals surface area contributed by atoms with Gasteiger partial charge in [0.25, 0.3) is 0 Å². The Morgan fingerprint density at radius 3 is 2.41 bits per heavy atom.